The number of para-hydroxylation sites is 1. The zero-order valence-corrected chi connectivity index (χ0v) is 10.2. The molecule has 1 heterocycles. The van der Waals surface area contributed by atoms with E-state index in [1.807, 2.05) is 41.1 Å². The van der Waals surface area contributed by atoms with Crippen molar-refractivity contribution in [2.75, 3.05) is 0 Å². The SMILES string of the molecule is CC(Sc1nccn1-c1ccccc1)C(N)=O. The van der Waals surface area contributed by atoms with Gasteiger partial charge >= 0.3 is 0 Å². The highest BCUT2D eigenvalue weighted by Gasteiger charge is 2.14. The minimum atomic E-state index is -0.336. The molecular weight excluding hydrogens is 234 g/mol. The van der Waals surface area contributed by atoms with E-state index in [2.05, 4.69) is 4.98 Å². The molecule has 0 aliphatic carbocycles. The number of aromatic nitrogens is 2. The Hall–Kier alpha value is -1.75. The van der Waals surface area contributed by atoms with Crippen LogP contribution in [0, 0.1) is 0 Å². The van der Waals surface area contributed by atoms with Gasteiger partial charge in [-0.3, -0.25) is 9.36 Å². The number of primary amides is 1. The van der Waals surface area contributed by atoms with Crippen LogP contribution in [0.1, 0.15) is 6.92 Å². The molecule has 0 radical (unpaired) electrons. The van der Waals surface area contributed by atoms with E-state index in [1.165, 1.54) is 11.8 Å². The zero-order valence-electron chi connectivity index (χ0n) is 9.41. The van der Waals surface area contributed by atoms with Gasteiger partial charge in [0.15, 0.2) is 5.16 Å². The van der Waals surface area contributed by atoms with Crippen LogP contribution in [-0.4, -0.2) is 20.7 Å². The lowest BCUT2D eigenvalue weighted by Crippen LogP contribution is -2.22. The summed E-state index contributed by atoms with van der Waals surface area (Å²) in [4.78, 5) is 15.3. The monoisotopic (exact) mass is 247 g/mol. The van der Waals surface area contributed by atoms with E-state index < -0.39 is 0 Å². The van der Waals surface area contributed by atoms with Crippen LogP contribution < -0.4 is 5.73 Å². The Morgan fingerprint density at radius 2 is 2.12 bits per heavy atom. The second-order valence-electron chi connectivity index (χ2n) is 3.58. The van der Waals surface area contributed by atoms with E-state index in [-0.39, 0.29) is 11.2 Å². The lowest BCUT2D eigenvalue weighted by Gasteiger charge is -2.09. The highest BCUT2D eigenvalue weighted by molar-refractivity contribution is 8.00. The van der Waals surface area contributed by atoms with Gasteiger partial charge < -0.3 is 5.73 Å². The van der Waals surface area contributed by atoms with Gasteiger partial charge in [0.2, 0.25) is 5.91 Å². The topological polar surface area (TPSA) is 60.9 Å². The Labute approximate surface area is 104 Å². The Bertz CT molecular complexity index is 509. The number of nitrogens with two attached hydrogens (primary N) is 1. The predicted octanol–water partition coefficient (Wildman–Crippen LogP) is 1.84. The van der Waals surface area contributed by atoms with Crippen LogP contribution in [0.25, 0.3) is 5.69 Å². The van der Waals surface area contributed by atoms with Crippen molar-refractivity contribution in [1.82, 2.24) is 9.55 Å². The standard InChI is InChI=1S/C12H13N3OS/c1-9(11(13)16)17-12-14-7-8-15(12)10-5-3-2-4-6-10/h2-9H,1H3,(H2,13,16). The third-order valence-electron chi connectivity index (χ3n) is 2.32. The van der Waals surface area contributed by atoms with Crippen molar-refractivity contribution < 1.29 is 4.79 Å². The molecule has 0 spiro atoms. The molecule has 0 saturated carbocycles. The molecule has 1 aromatic carbocycles. The van der Waals surface area contributed by atoms with Gasteiger partial charge in [-0.15, -0.1) is 0 Å². The summed E-state index contributed by atoms with van der Waals surface area (Å²) < 4.78 is 1.93. The van der Waals surface area contributed by atoms with Crippen LogP contribution in [0.4, 0.5) is 0 Å². The van der Waals surface area contributed by atoms with Crippen LogP contribution in [-0.2, 0) is 4.79 Å². The van der Waals surface area contributed by atoms with Gasteiger partial charge in [-0.1, -0.05) is 30.0 Å². The van der Waals surface area contributed by atoms with Crippen molar-refractivity contribution in [3.8, 4) is 5.69 Å². The van der Waals surface area contributed by atoms with Crippen molar-refractivity contribution in [2.24, 2.45) is 5.73 Å². The molecule has 2 N–H and O–H groups in total. The lowest BCUT2D eigenvalue weighted by atomic mass is 10.3. The minimum absolute atomic E-state index is 0.292. The summed E-state index contributed by atoms with van der Waals surface area (Å²) in [5.74, 6) is -0.336. The van der Waals surface area contributed by atoms with E-state index in [0.717, 1.165) is 10.8 Å². The smallest absolute Gasteiger partial charge is 0.230 e. The third-order valence-corrected chi connectivity index (χ3v) is 3.42. The van der Waals surface area contributed by atoms with Crippen molar-refractivity contribution in [3.05, 3.63) is 42.7 Å². The number of thioether (sulfide) groups is 1. The largest absolute Gasteiger partial charge is 0.369 e. The maximum atomic E-state index is 11.0. The van der Waals surface area contributed by atoms with Crippen molar-refractivity contribution in [1.29, 1.82) is 0 Å². The summed E-state index contributed by atoms with van der Waals surface area (Å²) in [5, 5.41) is 0.474. The first-order valence-electron chi connectivity index (χ1n) is 5.23. The number of hydrogen-bond acceptors (Lipinski definition) is 3. The van der Waals surface area contributed by atoms with Crippen molar-refractivity contribution >= 4 is 17.7 Å². The molecule has 1 unspecified atom stereocenters. The number of imidazole rings is 1. The Morgan fingerprint density at radius 3 is 2.76 bits per heavy atom. The molecule has 1 aromatic heterocycles. The van der Waals surface area contributed by atoms with Crippen LogP contribution in [0.5, 0.6) is 0 Å². The van der Waals surface area contributed by atoms with Crippen LogP contribution in [0.2, 0.25) is 0 Å². The third kappa shape index (κ3) is 2.68. The second-order valence-corrected chi connectivity index (χ2v) is 4.89. The van der Waals surface area contributed by atoms with Crippen molar-refractivity contribution in [3.63, 3.8) is 0 Å². The Morgan fingerprint density at radius 1 is 1.41 bits per heavy atom. The van der Waals surface area contributed by atoms with Gasteiger partial charge in [-0.2, -0.15) is 0 Å². The summed E-state index contributed by atoms with van der Waals surface area (Å²) in [7, 11) is 0. The number of hydrogen-bond donors (Lipinski definition) is 1. The van der Waals surface area contributed by atoms with Gasteiger partial charge in [0, 0.05) is 18.1 Å². The van der Waals surface area contributed by atoms with E-state index in [9.17, 15) is 4.79 Å². The number of carbonyl (C=O) groups is 1. The van der Waals surface area contributed by atoms with E-state index in [0.29, 0.717) is 0 Å². The molecule has 0 bridgehead atoms. The van der Waals surface area contributed by atoms with E-state index in [4.69, 9.17) is 5.73 Å². The summed E-state index contributed by atoms with van der Waals surface area (Å²) in [6.07, 6.45) is 3.58. The Kier molecular flexibility index (Phi) is 3.49. The van der Waals surface area contributed by atoms with Crippen LogP contribution >= 0.6 is 11.8 Å². The fourth-order valence-corrected chi connectivity index (χ4v) is 2.21. The minimum Gasteiger partial charge on any atom is -0.369 e. The molecule has 2 rings (SSSR count). The zero-order chi connectivity index (χ0) is 12.3. The molecule has 1 amide bonds. The van der Waals surface area contributed by atoms with Crippen molar-refractivity contribution in [2.45, 2.75) is 17.3 Å². The number of rotatable bonds is 4. The molecule has 4 nitrogen and oxygen atoms in total. The van der Waals surface area contributed by atoms with Gasteiger partial charge in [0.25, 0.3) is 0 Å². The second kappa shape index (κ2) is 5.05. The average Bonchev–Trinajstić information content (AvgIpc) is 2.78. The highest BCUT2D eigenvalue weighted by Crippen LogP contribution is 2.23. The molecule has 0 fully saturated rings. The molecule has 17 heavy (non-hydrogen) atoms. The summed E-state index contributed by atoms with van der Waals surface area (Å²) in [5.41, 5.74) is 6.26. The maximum Gasteiger partial charge on any atom is 0.230 e. The normalized spacial score (nSPS) is 12.3. The number of carbonyl (C=O) groups excluding carboxylic acids is 1. The molecule has 1 atom stereocenters. The fourth-order valence-electron chi connectivity index (χ4n) is 1.38. The molecule has 0 aliphatic rings. The van der Waals surface area contributed by atoms with Crippen LogP contribution in [0.15, 0.2) is 47.9 Å². The van der Waals surface area contributed by atoms with Gasteiger partial charge in [0.1, 0.15) is 0 Å². The predicted molar refractivity (Wildman–Crippen MR) is 68.1 cm³/mol. The van der Waals surface area contributed by atoms with Crippen LogP contribution in [0.3, 0.4) is 0 Å². The lowest BCUT2D eigenvalue weighted by molar-refractivity contribution is -0.117. The summed E-state index contributed by atoms with van der Waals surface area (Å²) >= 11 is 1.36. The highest BCUT2D eigenvalue weighted by atomic mass is 32.2. The molecule has 0 saturated heterocycles. The van der Waals surface area contributed by atoms with Gasteiger partial charge in [-0.25, -0.2) is 4.98 Å². The maximum absolute atomic E-state index is 11.0. The van der Waals surface area contributed by atoms with Gasteiger partial charge in [-0.05, 0) is 19.1 Å². The van der Waals surface area contributed by atoms with E-state index >= 15 is 0 Å². The first kappa shape index (κ1) is 11.7. The first-order chi connectivity index (χ1) is 8.18. The number of benzene rings is 1. The summed E-state index contributed by atoms with van der Waals surface area (Å²) in [6, 6.07) is 9.85. The summed E-state index contributed by atoms with van der Waals surface area (Å²) in [6.45, 7) is 1.77. The molecule has 5 heteroatoms. The fraction of sp³-hybridized carbons (Fsp3) is 0.167. The first-order valence-corrected chi connectivity index (χ1v) is 6.11. The number of amides is 1. The molecule has 2 aromatic rings. The quantitative estimate of drug-likeness (QED) is 0.839. The Balaban J connectivity index is 2.26. The molecule has 0 aliphatic heterocycles. The average molecular weight is 247 g/mol. The molecular formula is C12H13N3OS. The number of nitrogens with zero attached hydrogens (tertiary/aromatic N) is 2. The molecule has 88 valence electrons. The van der Waals surface area contributed by atoms with Gasteiger partial charge in [0.05, 0.1) is 5.25 Å². The van der Waals surface area contributed by atoms with E-state index in [1.54, 1.807) is 13.1 Å².